The fraction of sp³-hybridized carbons (Fsp3) is 0.462. The first-order chi connectivity index (χ1) is 9.47. The van der Waals surface area contributed by atoms with Crippen LogP contribution >= 0.6 is 23.2 Å². The molecule has 0 aliphatic carbocycles. The maximum atomic E-state index is 12.1. The predicted octanol–water partition coefficient (Wildman–Crippen LogP) is 2.13. The van der Waals surface area contributed by atoms with Crippen LogP contribution in [0, 0.1) is 0 Å². The number of aromatic nitrogens is 1. The van der Waals surface area contributed by atoms with Crippen LogP contribution in [0.25, 0.3) is 0 Å². The van der Waals surface area contributed by atoms with Gasteiger partial charge in [0.25, 0.3) is 5.91 Å². The molecule has 7 heteroatoms. The second-order valence-corrected chi connectivity index (χ2v) is 5.58. The Labute approximate surface area is 127 Å². The summed E-state index contributed by atoms with van der Waals surface area (Å²) in [5, 5.41) is 3.23. The molecule has 1 aliphatic rings. The smallest absolute Gasteiger partial charge is 0.271 e. The van der Waals surface area contributed by atoms with Crippen molar-refractivity contribution in [1.82, 2.24) is 15.2 Å². The molecule has 5 nitrogen and oxygen atoms in total. The van der Waals surface area contributed by atoms with E-state index < -0.39 is 5.91 Å². The van der Waals surface area contributed by atoms with Crippen LogP contribution in [-0.4, -0.2) is 40.8 Å². The second-order valence-electron chi connectivity index (χ2n) is 4.78. The minimum Gasteiger partial charge on any atom is -0.346 e. The summed E-state index contributed by atoms with van der Waals surface area (Å²) < 4.78 is 0. The summed E-state index contributed by atoms with van der Waals surface area (Å²) in [6, 6.07) is 2.87. The molecule has 20 heavy (non-hydrogen) atoms. The van der Waals surface area contributed by atoms with Crippen LogP contribution in [0.2, 0.25) is 10.2 Å². The minimum absolute atomic E-state index is 0.0961. The molecule has 0 radical (unpaired) electrons. The number of hydrogen-bond acceptors (Lipinski definition) is 3. The molecule has 1 fully saturated rings. The fourth-order valence-electron chi connectivity index (χ4n) is 2.14. The Bertz CT molecular complexity index is 536. The van der Waals surface area contributed by atoms with Crippen molar-refractivity contribution in [3.05, 3.63) is 28.0 Å². The average molecular weight is 316 g/mol. The Morgan fingerprint density at radius 1 is 1.50 bits per heavy atom. The van der Waals surface area contributed by atoms with Gasteiger partial charge in [0.15, 0.2) is 0 Å². The molecule has 1 aromatic rings. The van der Waals surface area contributed by atoms with Crippen molar-refractivity contribution in [2.45, 2.75) is 25.8 Å². The van der Waals surface area contributed by atoms with Crippen LogP contribution in [0.3, 0.4) is 0 Å². The van der Waals surface area contributed by atoms with Gasteiger partial charge in [-0.1, -0.05) is 23.2 Å². The van der Waals surface area contributed by atoms with E-state index in [2.05, 4.69) is 10.3 Å². The number of nitrogens with one attached hydrogen (secondary N) is 1. The van der Waals surface area contributed by atoms with Crippen molar-refractivity contribution in [1.29, 1.82) is 0 Å². The van der Waals surface area contributed by atoms with Crippen molar-refractivity contribution >= 4 is 35.0 Å². The topological polar surface area (TPSA) is 62.3 Å². The Hall–Kier alpha value is -1.33. The summed E-state index contributed by atoms with van der Waals surface area (Å²) in [4.78, 5) is 29.3. The van der Waals surface area contributed by atoms with Crippen LogP contribution < -0.4 is 5.32 Å². The van der Waals surface area contributed by atoms with Gasteiger partial charge in [-0.15, -0.1) is 0 Å². The van der Waals surface area contributed by atoms with Crippen LogP contribution in [0.15, 0.2) is 12.1 Å². The predicted molar refractivity (Wildman–Crippen MR) is 77.0 cm³/mol. The summed E-state index contributed by atoms with van der Waals surface area (Å²) >= 11 is 11.7. The highest BCUT2D eigenvalue weighted by Gasteiger charge is 2.23. The van der Waals surface area contributed by atoms with Gasteiger partial charge < -0.3 is 10.2 Å². The zero-order valence-electron chi connectivity index (χ0n) is 11.0. The van der Waals surface area contributed by atoms with E-state index in [1.807, 2.05) is 6.92 Å². The average Bonchev–Trinajstić information content (AvgIpc) is 2.77. The molecule has 0 bridgehead atoms. The molecule has 2 amide bonds. The summed E-state index contributed by atoms with van der Waals surface area (Å²) in [6.45, 7) is 3.07. The van der Waals surface area contributed by atoms with E-state index in [0.717, 1.165) is 13.0 Å². The third kappa shape index (κ3) is 3.61. The van der Waals surface area contributed by atoms with Crippen molar-refractivity contribution < 1.29 is 9.59 Å². The van der Waals surface area contributed by atoms with Crippen LogP contribution in [0.5, 0.6) is 0 Å². The quantitative estimate of drug-likeness (QED) is 0.866. The van der Waals surface area contributed by atoms with Gasteiger partial charge in [-0.25, -0.2) is 4.98 Å². The van der Waals surface area contributed by atoms with E-state index in [-0.39, 0.29) is 27.8 Å². The Morgan fingerprint density at radius 3 is 2.90 bits per heavy atom. The fourth-order valence-corrected chi connectivity index (χ4v) is 2.48. The molecule has 2 heterocycles. The minimum atomic E-state index is -0.392. The molecule has 1 saturated heterocycles. The lowest BCUT2D eigenvalue weighted by Crippen LogP contribution is -2.42. The van der Waals surface area contributed by atoms with Gasteiger partial charge in [0.2, 0.25) is 5.91 Å². The van der Waals surface area contributed by atoms with E-state index in [4.69, 9.17) is 23.2 Å². The molecular weight excluding hydrogens is 301 g/mol. The highest BCUT2D eigenvalue weighted by molar-refractivity contribution is 6.34. The Balaban J connectivity index is 1.96. The summed E-state index contributed by atoms with van der Waals surface area (Å²) in [7, 11) is 0. The van der Waals surface area contributed by atoms with Gasteiger partial charge in [0, 0.05) is 25.6 Å². The zero-order valence-corrected chi connectivity index (χ0v) is 12.5. The normalized spacial score (nSPS) is 16.4. The van der Waals surface area contributed by atoms with Crippen LogP contribution in [0.1, 0.15) is 30.3 Å². The van der Waals surface area contributed by atoms with Gasteiger partial charge in [0.05, 0.1) is 5.02 Å². The molecule has 0 saturated carbocycles. The first-order valence-electron chi connectivity index (χ1n) is 6.38. The lowest BCUT2D eigenvalue weighted by atomic mass is 10.2. The first kappa shape index (κ1) is 15.1. The molecule has 1 aromatic heterocycles. The summed E-state index contributed by atoms with van der Waals surface area (Å²) in [5.41, 5.74) is 0.0961. The number of carbonyl (C=O) groups is 2. The zero-order chi connectivity index (χ0) is 14.7. The largest absolute Gasteiger partial charge is 0.346 e. The summed E-state index contributed by atoms with van der Waals surface area (Å²) in [5.74, 6) is -0.262. The maximum absolute atomic E-state index is 12.1. The molecule has 108 valence electrons. The van der Waals surface area contributed by atoms with Gasteiger partial charge in [-0.2, -0.15) is 0 Å². The standard InChI is InChI=1S/C13H15Cl2N3O2/c1-8(7-18-6-2-3-11(18)19)16-13(20)12-9(14)4-5-10(15)17-12/h4-5,8H,2-3,6-7H2,1H3,(H,16,20). The number of carbonyl (C=O) groups excluding carboxylic acids is 2. The number of rotatable bonds is 4. The SMILES string of the molecule is CC(CN1CCCC1=O)NC(=O)c1nc(Cl)ccc1Cl. The second kappa shape index (κ2) is 6.41. The van der Waals surface area contributed by atoms with E-state index >= 15 is 0 Å². The van der Waals surface area contributed by atoms with Gasteiger partial charge >= 0.3 is 0 Å². The van der Waals surface area contributed by atoms with Crippen molar-refractivity contribution in [3.63, 3.8) is 0 Å². The molecule has 0 spiro atoms. The highest BCUT2D eigenvalue weighted by atomic mass is 35.5. The van der Waals surface area contributed by atoms with E-state index in [0.29, 0.717) is 13.0 Å². The molecule has 1 N–H and O–H groups in total. The van der Waals surface area contributed by atoms with E-state index in [1.54, 1.807) is 4.90 Å². The number of hydrogen-bond donors (Lipinski definition) is 1. The molecule has 2 rings (SSSR count). The van der Waals surface area contributed by atoms with E-state index in [9.17, 15) is 9.59 Å². The number of likely N-dealkylation sites (tertiary alicyclic amines) is 1. The van der Waals surface area contributed by atoms with Crippen molar-refractivity contribution in [2.75, 3.05) is 13.1 Å². The lowest BCUT2D eigenvalue weighted by molar-refractivity contribution is -0.127. The van der Waals surface area contributed by atoms with Crippen molar-refractivity contribution in [2.24, 2.45) is 0 Å². The number of amides is 2. The van der Waals surface area contributed by atoms with Crippen molar-refractivity contribution in [3.8, 4) is 0 Å². The van der Waals surface area contributed by atoms with Gasteiger partial charge in [-0.3, -0.25) is 9.59 Å². The number of nitrogens with zero attached hydrogens (tertiary/aromatic N) is 2. The maximum Gasteiger partial charge on any atom is 0.271 e. The third-order valence-corrected chi connectivity index (χ3v) is 3.59. The summed E-state index contributed by atoms with van der Waals surface area (Å²) in [6.07, 6.45) is 1.46. The lowest BCUT2D eigenvalue weighted by Gasteiger charge is -2.21. The van der Waals surface area contributed by atoms with Gasteiger partial charge in [0.1, 0.15) is 10.8 Å². The van der Waals surface area contributed by atoms with E-state index in [1.165, 1.54) is 12.1 Å². The van der Waals surface area contributed by atoms with Crippen LogP contribution in [0.4, 0.5) is 0 Å². The highest BCUT2D eigenvalue weighted by Crippen LogP contribution is 2.17. The molecule has 0 aromatic carbocycles. The number of halogens is 2. The third-order valence-electron chi connectivity index (χ3n) is 3.07. The Kier molecular flexibility index (Phi) is 4.83. The monoisotopic (exact) mass is 315 g/mol. The molecular formula is C13H15Cl2N3O2. The molecule has 1 atom stereocenters. The van der Waals surface area contributed by atoms with Crippen LogP contribution in [-0.2, 0) is 4.79 Å². The number of pyridine rings is 1. The molecule has 1 unspecified atom stereocenters. The first-order valence-corrected chi connectivity index (χ1v) is 7.13. The molecule has 1 aliphatic heterocycles. The Morgan fingerprint density at radius 2 is 2.25 bits per heavy atom. The van der Waals surface area contributed by atoms with Gasteiger partial charge in [-0.05, 0) is 25.5 Å².